The summed E-state index contributed by atoms with van der Waals surface area (Å²) in [6, 6.07) is 9.92. The van der Waals surface area contributed by atoms with Gasteiger partial charge in [-0.25, -0.2) is 0 Å². The van der Waals surface area contributed by atoms with Crippen LogP contribution >= 0.6 is 0 Å². The molecule has 3 aliphatic rings. The maximum absolute atomic E-state index is 12.4. The number of rotatable bonds is 6. The van der Waals surface area contributed by atoms with Crippen molar-refractivity contribution in [2.75, 3.05) is 11.9 Å². The number of benzene rings is 1. The molecule has 2 aromatic rings. The van der Waals surface area contributed by atoms with Crippen LogP contribution in [0.15, 0.2) is 34.7 Å². The summed E-state index contributed by atoms with van der Waals surface area (Å²) in [4.78, 5) is 26.7. The predicted octanol–water partition coefficient (Wildman–Crippen LogP) is 5.15. The maximum Gasteiger partial charge on any atom is 0.225 e. The van der Waals surface area contributed by atoms with Gasteiger partial charge in [-0.1, -0.05) is 37.8 Å². The molecule has 2 amide bonds. The number of carbonyl (C=O) groups excluding carboxylic acids is 2. The maximum atomic E-state index is 12.4. The molecule has 0 atom stereocenters. The van der Waals surface area contributed by atoms with Crippen LogP contribution in [0.5, 0.6) is 0 Å². The minimum absolute atomic E-state index is 0.0898. The van der Waals surface area contributed by atoms with Gasteiger partial charge in [-0.2, -0.15) is 0 Å². The average molecular weight is 407 g/mol. The van der Waals surface area contributed by atoms with Gasteiger partial charge < -0.3 is 14.6 Å². The van der Waals surface area contributed by atoms with Gasteiger partial charge in [0.05, 0.1) is 0 Å². The molecule has 5 rings (SSSR count). The highest BCUT2D eigenvalue weighted by atomic mass is 16.3. The van der Waals surface area contributed by atoms with Crippen LogP contribution in [0.3, 0.4) is 0 Å². The second-order valence-corrected chi connectivity index (χ2v) is 9.16. The molecule has 2 fully saturated rings. The normalized spacial score (nSPS) is 19.0. The van der Waals surface area contributed by atoms with E-state index in [1.165, 1.54) is 25.7 Å². The third-order valence-electron chi connectivity index (χ3n) is 6.79. The fourth-order valence-corrected chi connectivity index (χ4v) is 4.86. The monoisotopic (exact) mass is 406 g/mol. The van der Waals surface area contributed by atoms with E-state index < -0.39 is 0 Å². The van der Waals surface area contributed by atoms with Crippen LogP contribution in [0.4, 0.5) is 5.69 Å². The summed E-state index contributed by atoms with van der Waals surface area (Å²) < 4.78 is 6.12. The highest BCUT2D eigenvalue weighted by Crippen LogP contribution is 2.35. The molecule has 2 heterocycles. The molecule has 2 aliphatic carbocycles. The van der Waals surface area contributed by atoms with E-state index in [9.17, 15) is 9.59 Å². The van der Waals surface area contributed by atoms with Crippen molar-refractivity contribution in [3.8, 4) is 11.3 Å². The number of hydrogen-bond donors (Lipinski definition) is 1. The van der Waals surface area contributed by atoms with E-state index in [2.05, 4.69) is 11.4 Å². The Morgan fingerprint density at radius 3 is 2.73 bits per heavy atom. The molecule has 0 spiro atoms. The molecule has 1 N–H and O–H groups in total. The van der Waals surface area contributed by atoms with Gasteiger partial charge in [-0.3, -0.25) is 9.59 Å². The lowest BCUT2D eigenvalue weighted by Crippen LogP contribution is -2.36. The van der Waals surface area contributed by atoms with Crippen LogP contribution in [-0.4, -0.2) is 23.3 Å². The molecule has 0 unspecified atom stereocenters. The van der Waals surface area contributed by atoms with Crippen LogP contribution < -0.4 is 5.32 Å². The standard InChI is InChI=1S/C25H30N2O3/c28-24(11-8-17-4-1-2-5-17)26-21-7-3-6-19(14-21)23-15-20-16-27(13-12-22(20)30-23)25(29)18-9-10-18/h3,6-7,14-15,17-18H,1-2,4-5,8-13,16H2,(H,26,28). The van der Waals surface area contributed by atoms with Crippen molar-refractivity contribution >= 4 is 17.5 Å². The average Bonchev–Trinajstić information content (AvgIpc) is 3.30. The Morgan fingerprint density at radius 1 is 1.10 bits per heavy atom. The number of anilines is 1. The van der Waals surface area contributed by atoms with Crippen molar-refractivity contribution < 1.29 is 14.0 Å². The van der Waals surface area contributed by atoms with E-state index in [4.69, 9.17) is 4.42 Å². The van der Waals surface area contributed by atoms with E-state index in [0.29, 0.717) is 18.9 Å². The van der Waals surface area contributed by atoms with E-state index in [1.54, 1.807) is 0 Å². The number of carbonyl (C=O) groups is 2. The van der Waals surface area contributed by atoms with Gasteiger partial charge in [0.15, 0.2) is 0 Å². The lowest BCUT2D eigenvalue weighted by atomic mass is 10.0. The van der Waals surface area contributed by atoms with Crippen molar-refractivity contribution in [3.63, 3.8) is 0 Å². The molecule has 1 aromatic heterocycles. The Kier molecular flexibility index (Phi) is 5.36. The zero-order valence-corrected chi connectivity index (χ0v) is 17.5. The zero-order valence-electron chi connectivity index (χ0n) is 17.5. The number of furan rings is 1. The SMILES string of the molecule is O=C(CCC1CCCC1)Nc1cccc(-c2cc3c(o2)CCN(C(=O)C2CC2)C3)c1. The van der Waals surface area contributed by atoms with Crippen LogP contribution in [0.1, 0.15) is 62.7 Å². The number of fused-ring (bicyclic) bond motifs is 1. The summed E-state index contributed by atoms with van der Waals surface area (Å²) in [5.74, 6) is 3.16. The molecule has 1 aromatic carbocycles. The number of amides is 2. The lowest BCUT2D eigenvalue weighted by molar-refractivity contribution is -0.133. The minimum Gasteiger partial charge on any atom is -0.461 e. The van der Waals surface area contributed by atoms with Crippen molar-refractivity contribution in [3.05, 3.63) is 41.7 Å². The lowest BCUT2D eigenvalue weighted by Gasteiger charge is -2.26. The van der Waals surface area contributed by atoms with Crippen LogP contribution in [0.2, 0.25) is 0 Å². The minimum atomic E-state index is 0.0898. The first-order chi connectivity index (χ1) is 14.7. The van der Waals surface area contributed by atoms with E-state index >= 15 is 0 Å². The molecule has 30 heavy (non-hydrogen) atoms. The summed E-state index contributed by atoms with van der Waals surface area (Å²) in [6.45, 7) is 1.39. The summed E-state index contributed by atoms with van der Waals surface area (Å²) in [7, 11) is 0. The molecule has 5 nitrogen and oxygen atoms in total. The quantitative estimate of drug-likeness (QED) is 0.722. The van der Waals surface area contributed by atoms with Crippen molar-refractivity contribution in [1.82, 2.24) is 4.90 Å². The third-order valence-corrected chi connectivity index (χ3v) is 6.79. The van der Waals surface area contributed by atoms with E-state index in [0.717, 1.165) is 66.5 Å². The van der Waals surface area contributed by atoms with Gasteiger partial charge >= 0.3 is 0 Å². The molecule has 0 radical (unpaired) electrons. The molecule has 2 saturated carbocycles. The first kappa shape index (κ1) is 19.4. The highest BCUT2D eigenvalue weighted by molar-refractivity contribution is 5.91. The predicted molar refractivity (Wildman–Crippen MR) is 116 cm³/mol. The Morgan fingerprint density at radius 2 is 1.93 bits per heavy atom. The van der Waals surface area contributed by atoms with Crippen molar-refractivity contribution in [2.24, 2.45) is 11.8 Å². The first-order valence-corrected chi connectivity index (χ1v) is 11.5. The summed E-state index contributed by atoms with van der Waals surface area (Å²) in [6.07, 6.45) is 9.61. The second-order valence-electron chi connectivity index (χ2n) is 9.16. The Hall–Kier alpha value is -2.56. The van der Waals surface area contributed by atoms with Gasteiger partial charge in [0.1, 0.15) is 11.5 Å². The first-order valence-electron chi connectivity index (χ1n) is 11.5. The fraction of sp³-hybridized carbons (Fsp3) is 0.520. The molecule has 0 bridgehead atoms. The van der Waals surface area contributed by atoms with E-state index in [1.807, 2.05) is 29.2 Å². The molecule has 158 valence electrons. The number of nitrogens with zero attached hydrogens (tertiary/aromatic N) is 1. The van der Waals surface area contributed by atoms with Gasteiger partial charge in [-0.15, -0.1) is 0 Å². The Labute approximate surface area is 177 Å². The largest absolute Gasteiger partial charge is 0.461 e. The van der Waals surface area contributed by atoms with Gasteiger partial charge in [0, 0.05) is 48.7 Å². The number of nitrogens with one attached hydrogen (secondary N) is 1. The third kappa shape index (κ3) is 4.30. The van der Waals surface area contributed by atoms with Crippen LogP contribution in [0, 0.1) is 11.8 Å². The van der Waals surface area contributed by atoms with Gasteiger partial charge in [-0.05, 0) is 43.4 Å². The summed E-state index contributed by atoms with van der Waals surface area (Å²) in [5, 5.41) is 3.05. The van der Waals surface area contributed by atoms with Gasteiger partial charge in [0.25, 0.3) is 0 Å². The van der Waals surface area contributed by atoms with Crippen molar-refractivity contribution in [2.45, 2.75) is 64.3 Å². The highest BCUT2D eigenvalue weighted by Gasteiger charge is 2.35. The van der Waals surface area contributed by atoms with Crippen LogP contribution in [0.25, 0.3) is 11.3 Å². The van der Waals surface area contributed by atoms with Crippen molar-refractivity contribution in [1.29, 1.82) is 0 Å². The summed E-state index contributed by atoms with van der Waals surface area (Å²) >= 11 is 0. The molecular formula is C25H30N2O3. The van der Waals surface area contributed by atoms with E-state index in [-0.39, 0.29) is 11.8 Å². The molecular weight excluding hydrogens is 376 g/mol. The number of hydrogen-bond acceptors (Lipinski definition) is 3. The van der Waals surface area contributed by atoms with Gasteiger partial charge in [0.2, 0.25) is 11.8 Å². The summed E-state index contributed by atoms with van der Waals surface area (Å²) in [5.41, 5.74) is 2.87. The molecule has 1 aliphatic heterocycles. The molecule has 5 heteroatoms. The van der Waals surface area contributed by atoms with Crippen LogP contribution in [-0.2, 0) is 22.6 Å². The topological polar surface area (TPSA) is 62.6 Å². The molecule has 0 saturated heterocycles. The fourth-order valence-electron chi connectivity index (χ4n) is 4.86. The zero-order chi connectivity index (χ0) is 20.5. The smallest absolute Gasteiger partial charge is 0.225 e. The Balaban J connectivity index is 1.23. The second kappa shape index (κ2) is 8.29. The Bertz CT molecular complexity index is 938.